The van der Waals surface area contributed by atoms with Gasteiger partial charge in [0, 0.05) is 15.7 Å². The molecule has 0 saturated heterocycles. The van der Waals surface area contributed by atoms with Gasteiger partial charge in [-0.2, -0.15) is 0 Å². The molecule has 0 aliphatic rings. The second-order valence-corrected chi connectivity index (χ2v) is 8.36. The van der Waals surface area contributed by atoms with Crippen LogP contribution in [-0.4, -0.2) is 19.3 Å². The zero-order chi connectivity index (χ0) is 17.2. The van der Waals surface area contributed by atoms with Gasteiger partial charge in [0.2, 0.25) is 10.0 Å². The first-order valence-corrected chi connectivity index (χ1v) is 9.95. The predicted octanol–water partition coefficient (Wildman–Crippen LogP) is 4.46. The zero-order valence-electron chi connectivity index (χ0n) is 13.1. The quantitative estimate of drug-likeness (QED) is 0.660. The number of benzene rings is 3. The number of rotatable bonds is 5. The Hall–Kier alpha value is -2.18. The first kappa shape index (κ1) is 16.7. The van der Waals surface area contributed by atoms with Crippen LogP contribution in [0.1, 0.15) is 6.92 Å². The zero-order valence-corrected chi connectivity index (χ0v) is 14.7. The smallest absolute Gasteiger partial charge is 0.232 e. The largest absolute Gasteiger partial charge is 0.506 e. The Kier molecular flexibility index (Phi) is 4.69. The summed E-state index contributed by atoms with van der Waals surface area (Å²) in [6, 6.07) is 18.5. The lowest BCUT2D eigenvalue weighted by molar-refractivity contribution is 0.469. The maximum Gasteiger partial charge on any atom is 0.232 e. The van der Waals surface area contributed by atoms with E-state index in [4.69, 9.17) is 0 Å². The predicted molar refractivity (Wildman–Crippen MR) is 99.3 cm³/mol. The van der Waals surface area contributed by atoms with Crippen molar-refractivity contribution in [3.05, 3.63) is 60.7 Å². The summed E-state index contributed by atoms with van der Waals surface area (Å²) in [4.78, 5) is 1.57. The minimum Gasteiger partial charge on any atom is -0.506 e. The molecule has 4 nitrogen and oxygen atoms in total. The fourth-order valence-corrected chi connectivity index (χ4v) is 3.93. The van der Waals surface area contributed by atoms with Gasteiger partial charge in [-0.15, -0.1) is 0 Å². The molecule has 0 amide bonds. The average molecular weight is 359 g/mol. The summed E-state index contributed by atoms with van der Waals surface area (Å²) in [6.45, 7) is 1.59. The summed E-state index contributed by atoms with van der Waals surface area (Å²) in [7, 11) is -3.41. The van der Waals surface area contributed by atoms with Crippen molar-refractivity contribution in [2.75, 3.05) is 10.5 Å². The molecule has 0 aliphatic heterocycles. The Morgan fingerprint density at radius 2 is 1.62 bits per heavy atom. The van der Waals surface area contributed by atoms with Crippen LogP contribution in [0.25, 0.3) is 10.8 Å². The highest BCUT2D eigenvalue weighted by Gasteiger charge is 2.15. The van der Waals surface area contributed by atoms with Crippen molar-refractivity contribution in [3.63, 3.8) is 0 Å². The molecule has 0 spiro atoms. The van der Waals surface area contributed by atoms with Gasteiger partial charge >= 0.3 is 0 Å². The molecule has 0 heterocycles. The molecular weight excluding hydrogens is 342 g/mol. The van der Waals surface area contributed by atoms with Crippen molar-refractivity contribution in [2.24, 2.45) is 0 Å². The molecule has 3 aromatic carbocycles. The van der Waals surface area contributed by atoms with Crippen molar-refractivity contribution in [1.82, 2.24) is 0 Å². The standard InChI is InChI=1S/C18H17NO3S2/c1-2-24(21,22)19-16-12-17(23-13-8-4-3-5-9-13)18(20)15-11-7-6-10-14(15)16/h3-12,19-20H,2H2,1H3. The van der Waals surface area contributed by atoms with Gasteiger partial charge in [-0.1, -0.05) is 54.2 Å². The lowest BCUT2D eigenvalue weighted by Gasteiger charge is -2.14. The van der Waals surface area contributed by atoms with E-state index in [-0.39, 0.29) is 11.5 Å². The van der Waals surface area contributed by atoms with Gasteiger partial charge in [0.05, 0.1) is 16.3 Å². The SMILES string of the molecule is CCS(=O)(=O)Nc1cc(Sc2ccccc2)c(O)c2ccccc12. The van der Waals surface area contributed by atoms with Crippen LogP contribution in [-0.2, 0) is 10.0 Å². The third-order valence-electron chi connectivity index (χ3n) is 3.60. The summed E-state index contributed by atoms with van der Waals surface area (Å²) < 4.78 is 26.6. The highest BCUT2D eigenvalue weighted by atomic mass is 32.2. The third-order valence-corrected chi connectivity index (χ3v) is 5.93. The van der Waals surface area contributed by atoms with Crippen molar-refractivity contribution in [1.29, 1.82) is 0 Å². The average Bonchev–Trinajstić information content (AvgIpc) is 2.60. The number of nitrogens with one attached hydrogen (secondary N) is 1. The molecule has 0 radical (unpaired) electrons. The van der Waals surface area contributed by atoms with Crippen molar-refractivity contribution in [3.8, 4) is 5.75 Å². The molecule has 0 aliphatic carbocycles. The molecule has 3 rings (SSSR count). The Bertz CT molecular complexity index is 970. The van der Waals surface area contributed by atoms with E-state index in [0.717, 1.165) is 4.90 Å². The fraction of sp³-hybridized carbons (Fsp3) is 0.111. The van der Waals surface area contributed by atoms with Crippen LogP contribution in [0.5, 0.6) is 5.75 Å². The van der Waals surface area contributed by atoms with Crippen LogP contribution >= 0.6 is 11.8 Å². The highest BCUT2D eigenvalue weighted by Crippen LogP contribution is 2.42. The van der Waals surface area contributed by atoms with E-state index in [0.29, 0.717) is 21.4 Å². The van der Waals surface area contributed by atoms with Crippen LogP contribution in [0.15, 0.2) is 70.5 Å². The lowest BCUT2D eigenvalue weighted by atomic mass is 10.1. The monoisotopic (exact) mass is 359 g/mol. The molecule has 0 aromatic heterocycles. The van der Waals surface area contributed by atoms with E-state index >= 15 is 0 Å². The fourth-order valence-electron chi connectivity index (χ4n) is 2.35. The first-order valence-electron chi connectivity index (χ1n) is 7.48. The van der Waals surface area contributed by atoms with E-state index in [1.807, 2.05) is 42.5 Å². The molecular formula is C18H17NO3S2. The molecule has 124 valence electrons. The van der Waals surface area contributed by atoms with E-state index < -0.39 is 10.0 Å². The van der Waals surface area contributed by atoms with E-state index in [2.05, 4.69) is 4.72 Å². The summed E-state index contributed by atoms with van der Waals surface area (Å²) in [6.07, 6.45) is 0. The lowest BCUT2D eigenvalue weighted by Crippen LogP contribution is -2.14. The molecule has 0 fully saturated rings. The minimum absolute atomic E-state index is 0.0106. The number of fused-ring (bicyclic) bond motifs is 1. The molecule has 0 bridgehead atoms. The number of phenols is 1. The van der Waals surface area contributed by atoms with Crippen LogP contribution in [0.4, 0.5) is 5.69 Å². The van der Waals surface area contributed by atoms with Crippen LogP contribution in [0.2, 0.25) is 0 Å². The normalized spacial score (nSPS) is 11.5. The van der Waals surface area contributed by atoms with Crippen LogP contribution in [0.3, 0.4) is 0 Å². The summed E-state index contributed by atoms with van der Waals surface area (Å²) in [5.41, 5.74) is 0.476. The molecule has 3 aromatic rings. The second-order valence-electron chi connectivity index (χ2n) is 5.24. The molecule has 0 saturated carbocycles. The summed E-state index contributed by atoms with van der Waals surface area (Å²) in [5.74, 6) is 0.141. The van der Waals surface area contributed by atoms with E-state index in [1.54, 1.807) is 25.1 Å². The van der Waals surface area contributed by atoms with Gasteiger partial charge in [0.1, 0.15) is 5.75 Å². The highest BCUT2D eigenvalue weighted by molar-refractivity contribution is 7.99. The maximum absolute atomic E-state index is 12.0. The molecule has 6 heteroatoms. The number of phenolic OH excluding ortho intramolecular Hbond substituents is 1. The number of anilines is 1. The van der Waals surface area contributed by atoms with Gasteiger partial charge < -0.3 is 5.11 Å². The number of hydrogen-bond donors (Lipinski definition) is 2. The Morgan fingerprint density at radius 1 is 1.00 bits per heavy atom. The maximum atomic E-state index is 12.0. The van der Waals surface area contributed by atoms with Crippen LogP contribution < -0.4 is 4.72 Å². The second kappa shape index (κ2) is 6.75. The number of sulfonamides is 1. The van der Waals surface area contributed by atoms with Crippen molar-refractivity contribution >= 4 is 38.2 Å². The third kappa shape index (κ3) is 3.49. The Balaban J connectivity index is 2.14. The Morgan fingerprint density at radius 3 is 2.29 bits per heavy atom. The number of aromatic hydroxyl groups is 1. The van der Waals surface area contributed by atoms with Gasteiger partial charge in [0.25, 0.3) is 0 Å². The summed E-state index contributed by atoms with van der Waals surface area (Å²) >= 11 is 1.39. The summed E-state index contributed by atoms with van der Waals surface area (Å²) in [5, 5.41) is 11.9. The van der Waals surface area contributed by atoms with Crippen molar-refractivity contribution in [2.45, 2.75) is 16.7 Å². The van der Waals surface area contributed by atoms with E-state index in [9.17, 15) is 13.5 Å². The van der Waals surface area contributed by atoms with Gasteiger partial charge in [-0.25, -0.2) is 8.42 Å². The van der Waals surface area contributed by atoms with Crippen molar-refractivity contribution < 1.29 is 13.5 Å². The minimum atomic E-state index is -3.41. The van der Waals surface area contributed by atoms with Gasteiger partial charge in [-0.05, 0) is 25.1 Å². The topological polar surface area (TPSA) is 66.4 Å². The Labute approximate surface area is 145 Å². The van der Waals surface area contributed by atoms with Crippen LogP contribution in [0, 0.1) is 0 Å². The van der Waals surface area contributed by atoms with E-state index in [1.165, 1.54) is 11.8 Å². The molecule has 0 unspecified atom stereocenters. The molecule has 0 atom stereocenters. The van der Waals surface area contributed by atoms with Gasteiger partial charge in [-0.3, -0.25) is 4.72 Å². The van der Waals surface area contributed by atoms with Gasteiger partial charge in [0.15, 0.2) is 0 Å². The number of hydrogen-bond acceptors (Lipinski definition) is 4. The first-order chi connectivity index (χ1) is 11.5. The molecule has 2 N–H and O–H groups in total. The molecule has 24 heavy (non-hydrogen) atoms.